The molecule has 1 aromatic rings. The molecule has 24 heavy (non-hydrogen) atoms. The minimum Gasteiger partial charge on any atom is -0.468 e. The summed E-state index contributed by atoms with van der Waals surface area (Å²) in [7, 11) is 1.04. The van der Waals surface area contributed by atoms with Gasteiger partial charge in [-0.3, -0.25) is 9.59 Å². The molecule has 0 spiro atoms. The van der Waals surface area contributed by atoms with Crippen molar-refractivity contribution in [2.24, 2.45) is 17.3 Å². The third-order valence-corrected chi connectivity index (χ3v) is 9.01. The topological polar surface area (TPSA) is 52.6 Å². The lowest BCUT2D eigenvalue weighted by molar-refractivity contribution is -0.169. The lowest BCUT2D eigenvalue weighted by Crippen LogP contribution is -2.43. The number of carbonyl (C=O) groups excluding carboxylic acids is 2. The van der Waals surface area contributed by atoms with Gasteiger partial charge in [0.05, 0.1) is 22.3 Å². The second kappa shape index (κ2) is 7.09. The Bertz CT molecular complexity index is 581. The summed E-state index contributed by atoms with van der Waals surface area (Å²) in [4.78, 5) is 24.7. The van der Waals surface area contributed by atoms with Gasteiger partial charge in [0.1, 0.15) is 0 Å². The predicted octanol–water partition coefficient (Wildman–Crippen LogP) is 2.98. The molecule has 1 aromatic carbocycles. The van der Waals surface area contributed by atoms with Crippen molar-refractivity contribution in [2.75, 3.05) is 14.2 Å². The molecule has 0 aliphatic heterocycles. The number of esters is 2. The molecule has 1 fully saturated rings. The number of benzene rings is 1. The van der Waals surface area contributed by atoms with Crippen molar-refractivity contribution in [1.29, 1.82) is 0 Å². The Kier molecular flexibility index (Phi) is 5.53. The second-order valence-corrected chi connectivity index (χ2v) is 12.4. The molecule has 0 N–H and O–H groups in total. The Balaban J connectivity index is 2.24. The van der Waals surface area contributed by atoms with Crippen LogP contribution in [0.1, 0.15) is 19.8 Å². The van der Waals surface area contributed by atoms with Gasteiger partial charge in [0.25, 0.3) is 0 Å². The molecular formula is C19H28O4Si. The van der Waals surface area contributed by atoms with Gasteiger partial charge in [-0.1, -0.05) is 61.6 Å². The second-order valence-electron chi connectivity index (χ2n) is 7.66. The monoisotopic (exact) mass is 348 g/mol. The zero-order valence-corrected chi connectivity index (χ0v) is 16.3. The maximum Gasteiger partial charge on any atom is 0.323 e. The summed E-state index contributed by atoms with van der Waals surface area (Å²) in [6.07, 6.45) is 1.03. The number of hydrogen-bond acceptors (Lipinski definition) is 4. The van der Waals surface area contributed by atoms with Crippen LogP contribution in [0.2, 0.25) is 19.1 Å². The highest BCUT2D eigenvalue weighted by molar-refractivity contribution is 6.89. The van der Waals surface area contributed by atoms with Crippen LogP contribution in [0.15, 0.2) is 30.3 Å². The predicted molar refractivity (Wildman–Crippen MR) is 96.7 cm³/mol. The summed E-state index contributed by atoms with van der Waals surface area (Å²) in [5.41, 5.74) is -1.13. The fourth-order valence-corrected chi connectivity index (χ4v) is 7.38. The lowest BCUT2D eigenvalue weighted by Gasteiger charge is -2.29. The zero-order valence-electron chi connectivity index (χ0n) is 15.3. The SMILES string of the molecule is COC(=O)C1(C(=O)OC)C[C@H](C[Si](C)(C)c2ccccc2)[C@@H](C)C1. The third kappa shape index (κ3) is 3.41. The average Bonchev–Trinajstić information content (AvgIpc) is 2.91. The summed E-state index contributed by atoms with van der Waals surface area (Å²) in [5, 5.41) is 1.41. The van der Waals surface area contributed by atoms with Crippen LogP contribution in [0.3, 0.4) is 0 Å². The van der Waals surface area contributed by atoms with Crippen LogP contribution in [-0.4, -0.2) is 34.2 Å². The quantitative estimate of drug-likeness (QED) is 0.466. The van der Waals surface area contributed by atoms with Gasteiger partial charge in [-0.25, -0.2) is 0 Å². The molecule has 0 saturated heterocycles. The number of carbonyl (C=O) groups is 2. The van der Waals surface area contributed by atoms with Crippen LogP contribution in [0.25, 0.3) is 0 Å². The van der Waals surface area contributed by atoms with Gasteiger partial charge in [0, 0.05) is 0 Å². The number of ether oxygens (including phenoxy) is 2. The lowest BCUT2D eigenvalue weighted by atomic mass is 9.85. The van der Waals surface area contributed by atoms with E-state index in [1.807, 2.05) is 6.07 Å². The van der Waals surface area contributed by atoms with Crippen LogP contribution in [0, 0.1) is 17.3 Å². The van der Waals surface area contributed by atoms with Gasteiger partial charge in [0.15, 0.2) is 5.41 Å². The van der Waals surface area contributed by atoms with Gasteiger partial charge >= 0.3 is 11.9 Å². The summed E-state index contributed by atoms with van der Waals surface area (Å²) in [5.74, 6) is -0.297. The first-order chi connectivity index (χ1) is 11.3. The van der Waals surface area contributed by atoms with Gasteiger partial charge in [-0.15, -0.1) is 0 Å². The summed E-state index contributed by atoms with van der Waals surface area (Å²) in [6.45, 7) is 6.84. The Morgan fingerprint density at radius 1 is 1.08 bits per heavy atom. The first-order valence-corrected chi connectivity index (χ1v) is 11.7. The van der Waals surface area contributed by atoms with Crippen LogP contribution in [-0.2, 0) is 19.1 Å². The van der Waals surface area contributed by atoms with E-state index in [9.17, 15) is 9.59 Å². The standard InChI is InChI=1S/C19H28O4Si/c1-14-11-19(17(20)22-2,18(21)23-3)12-15(14)13-24(4,5)16-9-7-6-8-10-16/h6-10,14-15H,11-13H2,1-5H3/t14-,15+/m0/s1. The van der Waals surface area contributed by atoms with Gasteiger partial charge in [0.2, 0.25) is 0 Å². The van der Waals surface area contributed by atoms with Gasteiger partial charge < -0.3 is 9.47 Å². The third-order valence-electron chi connectivity index (χ3n) is 5.57. The maximum atomic E-state index is 12.4. The fraction of sp³-hybridized carbons (Fsp3) is 0.579. The Labute approximate surface area is 145 Å². The van der Waals surface area contributed by atoms with E-state index in [-0.39, 0.29) is 0 Å². The minimum atomic E-state index is -1.64. The van der Waals surface area contributed by atoms with Crippen molar-refractivity contribution < 1.29 is 19.1 Å². The molecule has 2 atom stereocenters. The van der Waals surface area contributed by atoms with E-state index >= 15 is 0 Å². The first-order valence-electron chi connectivity index (χ1n) is 8.49. The molecule has 0 bridgehead atoms. The largest absolute Gasteiger partial charge is 0.468 e. The van der Waals surface area contributed by atoms with Crippen LogP contribution in [0.4, 0.5) is 0 Å². The van der Waals surface area contributed by atoms with E-state index in [1.165, 1.54) is 19.4 Å². The molecule has 0 radical (unpaired) electrons. The normalized spacial score (nSPS) is 22.9. The van der Waals surface area contributed by atoms with Crippen LogP contribution in [0.5, 0.6) is 0 Å². The molecule has 1 aliphatic carbocycles. The van der Waals surface area contributed by atoms with E-state index in [1.54, 1.807) is 0 Å². The van der Waals surface area contributed by atoms with Crippen molar-refractivity contribution in [2.45, 2.75) is 38.9 Å². The van der Waals surface area contributed by atoms with Crippen LogP contribution < -0.4 is 5.19 Å². The molecule has 0 unspecified atom stereocenters. The Morgan fingerprint density at radius 3 is 2.12 bits per heavy atom. The van der Waals surface area contributed by atoms with Gasteiger partial charge in [-0.2, -0.15) is 0 Å². The van der Waals surface area contributed by atoms with E-state index in [2.05, 4.69) is 44.3 Å². The fourth-order valence-electron chi connectivity index (χ4n) is 4.19. The number of methoxy groups -OCH3 is 2. The van der Waals surface area contributed by atoms with E-state index in [0.717, 1.165) is 6.04 Å². The van der Waals surface area contributed by atoms with Crippen molar-refractivity contribution >= 4 is 25.2 Å². The number of rotatable bonds is 5. The zero-order chi connectivity index (χ0) is 18.0. The average molecular weight is 349 g/mol. The Hall–Kier alpha value is -1.62. The van der Waals surface area contributed by atoms with Crippen molar-refractivity contribution in [3.63, 3.8) is 0 Å². The minimum absolute atomic E-state index is 0.290. The van der Waals surface area contributed by atoms with E-state index in [0.29, 0.717) is 24.7 Å². The molecule has 0 aromatic heterocycles. The first kappa shape index (κ1) is 18.7. The summed E-state index contributed by atoms with van der Waals surface area (Å²) >= 11 is 0. The smallest absolute Gasteiger partial charge is 0.323 e. The maximum absolute atomic E-state index is 12.4. The molecule has 5 heteroatoms. The summed E-state index contributed by atoms with van der Waals surface area (Å²) < 4.78 is 9.89. The molecule has 1 aliphatic rings. The van der Waals surface area contributed by atoms with Crippen molar-refractivity contribution in [3.8, 4) is 0 Å². The van der Waals surface area contributed by atoms with Crippen molar-refractivity contribution in [3.05, 3.63) is 30.3 Å². The molecule has 0 heterocycles. The van der Waals surface area contributed by atoms with Crippen molar-refractivity contribution in [1.82, 2.24) is 0 Å². The highest BCUT2D eigenvalue weighted by Gasteiger charge is 2.56. The Morgan fingerprint density at radius 2 is 1.62 bits per heavy atom. The van der Waals surface area contributed by atoms with E-state index < -0.39 is 25.4 Å². The number of hydrogen-bond donors (Lipinski definition) is 0. The molecular weight excluding hydrogens is 320 g/mol. The molecule has 132 valence electrons. The molecule has 4 nitrogen and oxygen atoms in total. The molecule has 0 amide bonds. The highest BCUT2D eigenvalue weighted by atomic mass is 28.3. The highest BCUT2D eigenvalue weighted by Crippen LogP contribution is 2.49. The molecule has 1 saturated carbocycles. The van der Waals surface area contributed by atoms with E-state index in [4.69, 9.17) is 9.47 Å². The van der Waals surface area contributed by atoms with Crippen LogP contribution >= 0.6 is 0 Å². The molecule has 2 rings (SSSR count). The van der Waals surface area contributed by atoms with Gasteiger partial charge in [-0.05, 0) is 24.7 Å². The summed E-state index contributed by atoms with van der Waals surface area (Å²) in [6, 6.07) is 11.6.